The lowest BCUT2D eigenvalue weighted by Gasteiger charge is -2.14. The van der Waals surface area contributed by atoms with Crippen LogP contribution in [0.4, 0.5) is 0 Å². The molecule has 2 nitrogen and oxygen atoms in total. The Kier molecular flexibility index (Phi) is 4.94. The van der Waals surface area contributed by atoms with Gasteiger partial charge in [-0.25, -0.2) is 0 Å². The predicted octanol–water partition coefficient (Wildman–Crippen LogP) is 2.37. The highest BCUT2D eigenvalue weighted by Gasteiger charge is 2.06. The van der Waals surface area contributed by atoms with Crippen molar-refractivity contribution in [1.82, 2.24) is 5.32 Å². The lowest BCUT2D eigenvalue weighted by atomic mass is 10.1. The van der Waals surface area contributed by atoms with Crippen molar-refractivity contribution in [2.45, 2.75) is 19.4 Å². The van der Waals surface area contributed by atoms with Crippen LogP contribution in [0.3, 0.4) is 0 Å². The maximum atomic E-state index is 8.64. The second-order valence-electron chi connectivity index (χ2n) is 3.27. The van der Waals surface area contributed by atoms with Gasteiger partial charge >= 0.3 is 0 Å². The summed E-state index contributed by atoms with van der Waals surface area (Å²) in [5.74, 6) is 0. The van der Waals surface area contributed by atoms with Crippen LogP contribution < -0.4 is 5.32 Å². The van der Waals surface area contributed by atoms with Gasteiger partial charge in [0.2, 0.25) is 0 Å². The number of nitrogens with one attached hydrogen (secondary N) is 1. The van der Waals surface area contributed by atoms with Crippen LogP contribution >= 0.6 is 11.6 Å². The number of halogens is 1. The molecule has 14 heavy (non-hydrogen) atoms. The smallest absolute Gasteiger partial charge is 0.0453 e. The van der Waals surface area contributed by atoms with Crippen LogP contribution in [0.2, 0.25) is 5.02 Å². The molecule has 0 saturated heterocycles. The standard InChI is InChI=1S/C11H16ClNO/c1-9(13-7-4-8-14)10-5-2-3-6-11(10)12/h2-3,5-6,9,13-14H,4,7-8H2,1H3/t9-/m1/s1. The van der Waals surface area contributed by atoms with E-state index in [0.717, 1.165) is 23.6 Å². The lowest BCUT2D eigenvalue weighted by Crippen LogP contribution is -2.20. The summed E-state index contributed by atoms with van der Waals surface area (Å²) in [5, 5.41) is 12.7. The van der Waals surface area contributed by atoms with Crippen LogP contribution in [0.25, 0.3) is 0 Å². The monoisotopic (exact) mass is 213 g/mol. The molecule has 3 heteroatoms. The number of hydrogen-bond acceptors (Lipinski definition) is 2. The van der Waals surface area contributed by atoms with Gasteiger partial charge in [-0.15, -0.1) is 0 Å². The zero-order valence-electron chi connectivity index (χ0n) is 8.33. The quantitative estimate of drug-likeness (QED) is 0.737. The summed E-state index contributed by atoms with van der Waals surface area (Å²) in [6.45, 7) is 3.10. The van der Waals surface area contributed by atoms with Crippen LogP contribution in [-0.2, 0) is 0 Å². The van der Waals surface area contributed by atoms with Crippen molar-refractivity contribution in [2.24, 2.45) is 0 Å². The third-order valence-electron chi connectivity index (χ3n) is 2.16. The maximum Gasteiger partial charge on any atom is 0.0453 e. The summed E-state index contributed by atoms with van der Waals surface area (Å²) in [7, 11) is 0. The summed E-state index contributed by atoms with van der Waals surface area (Å²) in [5.41, 5.74) is 1.10. The van der Waals surface area contributed by atoms with Gasteiger partial charge in [0.1, 0.15) is 0 Å². The first-order chi connectivity index (χ1) is 6.75. The summed E-state index contributed by atoms with van der Waals surface area (Å²) in [6, 6.07) is 8.04. The van der Waals surface area contributed by atoms with Crippen LogP contribution in [0.5, 0.6) is 0 Å². The van der Waals surface area contributed by atoms with Crippen molar-refractivity contribution in [3.05, 3.63) is 34.9 Å². The lowest BCUT2D eigenvalue weighted by molar-refractivity contribution is 0.284. The highest BCUT2D eigenvalue weighted by atomic mass is 35.5. The molecule has 0 spiro atoms. The average Bonchev–Trinajstić information content (AvgIpc) is 2.18. The summed E-state index contributed by atoms with van der Waals surface area (Å²) < 4.78 is 0. The summed E-state index contributed by atoms with van der Waals surface area (Å²) in [6.07, 6.45) is 0.773. The van der Waals surface area contributed by atoms with Crippen molar-refractivity contribution >= 4 is 11.6 Å². The number of aliphatic hydroxyl groups excluding tert-OH is 1. The molecule has 1 rings (SSSR count). The van der Waals surface area contributed by atoms with Gasteiger partial charge in [0.15, 0.2) is 0 Å². The fourth-order valence-corrected chi connectivity index (χ4v) is 1.63. The first-order valence-electron chi connectivity index (χ1n) is 4.84. The van der Waals surface area contributed by atoms with Gasteiger partial charge in [0.25, 0.3) is 0 Å². The minimum atomic E-state index is 0.224. The Morgan fingerprint density at radius 2 is 2.14 bits per heavy atom. The number of rotatable bonds is 5. The molecule has 0 radical (unpaired) electrons. The summed E-state index contributed by atoms with van der Waals surface area (Å²) in [4.78, 5) is 0. The largest absolute Gasteiger partial charge is 0.396 e. The molecule has 0 amide bonds. The van der Waals surface area contributed by atoms with E-state index in [-0.39, 0.29) is 12.6 Å². The van der Waals surface area contributed by atoms with Gasteiger partial charge in [0, 0.05) is 17.7 Å². The Bertz CT molecular complexity index is 278. The van der Waals surface area contributed by atoms with E-state index >= 15 is 0 Å². The molecule has 0 fully saturated rings. The van der Waals surface area contributed by atoms with Crippen molar-refractivity contribution in [2.75, 3.05) is 13.2 Å². The zero-order chi connectivity index (χ0) is 10.4. The van der Waals surface area contributed by atoms with Gasteiger partial charge in [-0.1, -0.05) is 29.8 Å². The molecule has 0 aliphatic carbocycles. The number of hydrogen-bond donors (Lipinski definition) is 2. The Labute approximate surface area is 89.9 Å². The highest BCUT2D eigenvalue weighted by molar-refractivity contribution is 6.31. The van der Waals surface area contributed by atoms with E-state index in [1.165, 1.54) is 0 Å². The number of benzene rings is 1. The van der Waals surface area contributed by atoms with Gasteiger partial charge in [-0.05, 0) is 31.5 Å². The van der Waals surface area contributed by atoms with Crippen molar-refractivity contribution in [1.29, 1.82) is 0 Å². The Morgan fingerprint density at radius 1 is 1.43 bits per heavy atom. The third-order valence-corrected chi connectivity index (χ3v) is 2.50. The first-order valence-corrected chi connectivity index (χ1v) is 5.22. The number of aliphatic hydroxyl groups is 1. The second-order valence-corrected chi connectivity index (χ2v) is 3.68. The minimum Gasteiger partial charge on any atom is -0.396 e. The van der Waals surface area contributed by atoms with E-state index in [1.807, 2.05) is 24.3 Å². The van der Waals surface area contributed by atoms with Gasteiger partial charge in [0.05, 0.1) is 0 Å². The van der Waals surface area contributed by atoms with E-state index < -0.39 is 0 Å². The fourth-order valence-electron chi connectivity index (χ4n) is 1.33. The molecule has 0 aromatic heterocycles. The molecular formula is C11H16ClNO. The fraction of sp³-hybridized carbons (Fsp3) is 0.455. The Morgan fingerprint density at radius 3 is 2.79 bits per heavy atom. The molecule has 78 valence electrons. The molecule has 0 heterocycles. The molecule has 0 aliphatic rings. The normalized spacial score (nSPS) is 12.8. The van der Waals surface area contributed by atoms with Crippen molar-refractivity contribution in [3.63, 3.8) is 0 Å². The SMILES string of the molecule is C[C@@H](NCCCO)c1ccccc1Cl. The first kappa shape index (κ1) is 11.5. The Balaban J connectivity index is 2.51. The molecule has 0 saturated carbocycles. The third kappa shape index (κ3) is 3.29. The van der Waals surface area contributed by atoms with Gasteiger partial charge < -0.3 is 10.4 Å². The van der Waals surface area contributed by atoms with E-state index in [2.05, 4.69) is 12.2 Å². The second kappa shape index (κ2) is 6.02. The highest BCUT2D eigenvalue weighted by Crippen LogP contribution is 2.21. The van der Waals surface area contributed by atoms with Crippen LogP contribution in [0.1, 0.15) is 24.9 Å². The van der Waals surface area contributed by atoms with Gasteiger partial charge in [-0.3, -0.25) is 0 Å². The van der Waals surface area contributed by atoms with E-state index in [1.54, 1.807) is 0 Å². The average molecular weight is 214 g/mol. The molecular weight excluding hydrogens is 198 g/mol. The van der Waals surface area contributed by atoms with Crippen LogP contribution in [0, 0.1) is 0 Å². The maximum absolute atomic E-state index is 8.64. The Hall–Kier alpha value is -0.570. The van der Waals surface area contributed by atoms with Gasteiger partial charge in [-0.2, -0.15) is 0 Å². The summed E-state index contributed by atoms with van der Waals surface area (Å²) >= 11 is 6.04. The van der Waals surface area contributed by atoms with Crippen LogP contribution in [-0.4, -0.2) is 18.3 Å². The van der Waals surface area contributed by atoms with Crippen molar-refractivity contribution < 1.29 is 5.11 Å². The molecule has 0 aliphatic heterocycles. The zero-order valence-corrected chi connectivity index (χ0v) is 9.09. The van der Waals surface area contributed by atoms with Crippen molar-refractivity contribution in [3.8, 4) is 0 Å². The minimum absolute atomic E-state index is 0.224. The molecule has 1 aromatic rings. The van der Waals surface area contributed by atoms with Crippen LogP contribution in [0.15, 0.2) is 24.3 Å². The topological polar surface area (TPSA) is 32.3 Å². The molecule has 1 atom stereocenters. The molecule has 0 unspecified atom stereocenters. The molecule has 2 N–H and O–H groups in total. The van der Waals surface area contributed by atoms with E-state index in [4.69, 9.17) is 16.7 Å². The van der Waals surface area contributed by atoms with E-state index in [9.17, 15) is 0 Å². The molecule has 0 bridgehead atoms. The predicted molar refractivity (Wildman–Crippen MR) is 59.6 cm³/mol. The molecule has 1 aromatic carbocycles. The van der Waals surface area contributed by atoms with E-state index in [0.29, 0.717) is 0 Å².